The third-order valence-corrected chi connectivity index (χ3v) is 16.4. The zero-order valence-electron chi connectivity index (χ0n) is 38.3. The van der Waals surface area contributed by atoms with E-state index in [9.17, 15) is 0 Å². The maximum atomic E-state index is 2.59. The molecule has 0 radical (unpaired) electrons. The Labute approximate surface area is 412 Å². The van der Waals surface area contributed by atoms with Crippen molar-refractivity contribution in [3.63, 3.8) is 0 Å². The molecule has 2 aliphatic carbocycles. The number of hydrogen-bond donors (Lipinski definition) is 0. The lowest BCUT2D eigenvalue weighted by Crippen LogP contribution is -2.30. The van der Waals surface area contributed by atoms with Crippen LogP contribution >= 0.6 is 11.3 Å². The quantitative estimate of drug-likeness (QED) is 0.147. The van der Waals surface area contributed by atoms with Crippen molar-refractivity contribution in [1.82, 2.24) is 0 Å². The van der Waals surface area contributed by atoms with E-state index < -0.39 is 10.8 Å². The summed E-state index contributed by atoms with van der Waals surface area (Å²) in [7, 11) is 0. The summed E-state index contributed by atoms with van der Waals surface area (Å²) < 4.78 is 2.63. The standard InChI is InChI=1S/C68H45NS/c1-5-21-48(22-6-1)67(49-23-7-2-8-24-49)59-34-17-14-31-56(59)65-60(67)35-20-36-61(65)69(52-42-39-46(40-43-52)47-41-44-64-57(45-47)54-30-15-18-38-63(54)70-64)62-37-19-32-55-53-29-13-16-33-58(53)68(66(55)62,50-25-9-3-10-26-50)51-27-11-4-12-28-51/h1-45H. The second-order valence-electron chi connectivity index (χ2n) is 18.6. The molecule has 0 N–H and O–H groups in total. The molecule has 0 aliphatic heterocycles. The Bertz CT molecular complexity index is 3850. The van der Waals surface area contributed by atoms with Crippen LogP contribution in [0.25, 0.3) is 53.6 Å². The van der Waals surface area contributed by atoms with Crippen molar-refractivity contribution < 1.29 is 0 Å². The molecule has 1 aromatic heterocycles. The lowest BCUT2D eigenvalue weighted by molar-refractivity contribution is 0.766. The van der Waals surface area contributed by atoms with Crippen molar-refractivity contribution in [3.8, 4) is 33.4 Å². The van der Waals surface area contributed by atoms with Crippen molar-refractivity contribution in [2.45, 2.75) is 10.8 Å². The average Bonchev–Trinajstić information content (AvgIpc) is 4.08. The highest BCUT2D eigenvalue weighted by Gasteiger charge is 2.50. The first kappa shape index (κ1) is 40.5. The Kier molecular flexibility index (Phi) is 9.27. The maximum Gasteiger partial charge on any atom is 0.0734 e. The van der Waals surface area contributed by atoms with Crippen LogP contribution in [0.5, 0.6) is 0 Å². The van der Waals surface area contributed by atoms with Crippen LogP contribution in [0.4, 0.5) is 17.1 Å². The van der Waals surface area contributed by atoms with Gasteiger partial charge >= 0.3 is 0 Å². The third-order valence-electron chi connectivity index (χ3n) is 15.2. The molecule has 1 heterocycles. The number of benzene rings is 11. The fraction of sp³-hybridized carbons (Fsp3) is 0.0294. The first-order chi connectivity index (χ1) is 34.7. The van der Waals surface area contributed by atoms with E-state index in [2.05, 4.69) is 278 Å². The molecule has 11 aromatic carbocycles. The lowest BCUT2D eigenvalue weighted by Gasteiger charge is -2.38. The number of fused-ring (bicyclic) bond motifs is 9. The zero-order valence-corrected chi connectivity index (χ0v) is 39.2. The number of hydrogen-bond acceptors (Lipinski definition) is 2. The SMILES string of the molecule is c1ccc(C2(c3ccccc3)c3ccccc3-c3c(N(c4ccc(-c5ccc6sc7ccccc7c6c5)cc4)c4cccc5c4C(c4ccccc4)(c4ccccc4)c4ccccc4-5)cccc32)cc1. The van der Waals surface area contributed by atoms with Crippen molar-refractivity contribution in [2.75, 3.05) is 4.90 Å². The number of rotatable bonds is 8. The predicted octanol–water partition coefficient (Wildman–Crippen LogP) is 17.9. The molecule has 0 atom stereocenters. The Morgan fingerprint density at radius 3 is 1.43 bits per heavy atom. The molecule has 12 aromatic rings. The van der Waals surface area contributed by atoms with Gasteiger partial charge in [0.2, 0.25) is 0 Å². The highest BCUT2D eigenvalue weighted by atomic mass is 32.1. The van der Waals surface area contributed by atoms with Gasteiger partial charge in [-0.05, 0) is 109 Å². The first-order valence-electron chi connectivity index (χ1n) is 24.3. The van der Waals surface area contributed by atoms with Gasteiger partial charge < -0.3 is 4.90 Å². The molecule has 2 heteroatoms. The summed E-state index contributed by atoms with van der Waals surface area (Å²) in [5, 5.41) is 2.62. The van der Waals surface area contributed by atoms with Gasteiger partial charge in [-0.3, -0.25) is 0 Å². The predicted molar refractivity (Wildman–Crippen MR) is 294 cm³/mol. The van der Waals surface area contributed by atoms with Gasteiger partial charge in [-0.2, -0.15) is 0 Å². The van der Waals surface area contributed by atoms with E-state index in [4.69, 9.17) is 0 Å². The van der Waals surface area contributed by atoms with Gasteiger partial charge in [0.05, 0.1) is 22.2 Å². The summed E-state index contributed by atoms with van der Waals surface area (Å²) in [6, 6.07) is 102. The average molecular weight is 908 g/mol. The van der Waals surface area contributed by atoms with Crippen molar-refractivity contribution in [2.24, 2.45) is 0 Å². The Balaban J connectivity index is 1.07. The molecule has 0 spiro atoms. The van der Waals surface area contributed by atoms with Crippen LogP contribution in [0.3, 0.4) is 0 Å². The van der Waals surface area contributed by atoms with Gasteiger partial charge in [0, 0.05) is 37.0 Å². The summed E-state index contributed by atoms with van der Waals surface area (Å²) in [5.74, 6) is 0. The Morgan fingerprint density at radius 1 is 0.300 bits per heavy atom. The fourth-order valence-electron chi connectivity index (χ4n) is 12.4. The summed E-state index contributed by atoms with van der Waals surface area (Å²) in [5.41, 5.74) is 19.7. The fourth-order valence-corrected chi connectivity index (χ4v) is 13.5. The molecule has 1 nitrogen and oxygen atoms in total. The molecule has 0 bridgehead atoms. The second-order valence-corrected chi connectivity index (χ2v) is 19.7. The number of anilines is 3. The van der Waals surface area contributed by atoms with Crippen LogP contribution in [0.1, 0.15) is 44.5 Å². The van der Waals surface area contributed by atoms with Crippen LogP contribution in [-0.4, -0.2) is 0 Å². The van der Waals surface area contributed by atoms with E-state index >= 15 is 0 Å². The van der Waals surface area contributed by atoms with Gasteiger partial charge in [0.25, 0.3) is 0 Å². The maximum absolute atomic E-state index is 2.59. The summed E-state index contributed by atoms with van der Waals surface area (Å²) in [4.78, 5) is 2.59. The second kappa shape index (κ2) is 16.0. The van der Waals surface area contributed by atoms with Crippen molar-refractivity contribution in [1.29, 1.82) is 0 Å². The molecule has 0 saturated heterocycles. The molecule has 70 heavy (non-hydrogen) atoms. The first-order valence-corrected chi connectivity index (χ1v) is 25.1. The minimum atomic E-state index is -0.629. The Hall–Kier alpha value is -8.56. The summed E-state index contributed by atoms with van der Waals surface area (Å²) in [6.07, 6.45) is 0. The molecule has 0 unspecified atom stereocenters. The highest BCUT2D eigenvalue weighted by molar-refractivity contribution is 7.25. The van der Waals surface area contributed by atoms with Crippen LogP contribution in [0.15, 0.2) is 273 Å². The molecule has 0 fully saturated rings. The topological polar surface area (TPSA) is 3.24 Å². The van der Waals surface area contributed by atoms with Crippen molar-refractivity contribution in [3.05, 3.63) is 317 Å². The van der Waals surface area contributed by atoms with Gasteiger partial charge in [0.1, 0.15) is 0 Å². The normalized spacial score (nSPS) is 13.7. The summed E-state index contributed by atoms with van der Waals surface area (Å²) in [6.45, 7) is 0. The third kappa shape index (κ3) is 5.78. The minimum absolute atomic E-state index is 0.558. The largest absolute Gasteiger partial charge is 0.310 e. The molecule has 2 aliphatic rings. The van der Waals surface area contributed by atoms with Crippen molar-refractivity contribution >= 4 is 48.6 Å². The smallest absolute Gasteiger partial charge is 0.0734 e. The van der Waals surface area contributed by atoms with Gasteiger partial charge in [0.15, 0.2) is 0 Å². The highest BCUT2D eigenvalue weighted by Crippen LogP contribution is 2.63. The van der Waals surface area contributed by atoms with Gasteiger partial charge in [-0.25, -0.2) is 0 Å². The van der Waals surface area contributed by atoms with E-state index in [1.54, 1.807) is 0 Å². The number of nitrogens with zero attached hydrogens (tertiary/aromatic N) is 1. The molecule has 0 amide bonds. The monoisotopic (exact) mass is 907 g/mol. The number of thiophene rings is 1. The molecular formula is C68H45NS. The zero-order chi connectivity index (χ0) is 46.2. The lowest BCUT2D eigenvalue weighted by atomic mass is 9.67. The van der Waals surface area contributed by atoms with Gasteiger partial charge in [-0.1, -0.05) is 231 Å². The van der Waals surface area contributed by atoms with Crippen LogP contribution < -0.4 is 4.90 Å². The van der Waals surface area contributed by atoms with Crippen LogP contribution in [0.2, 0.25) is 0 Å². The minimum Gasteiger partial charge on any atom is -0.310 e. The van der Waals surface area contributed by atoms with E-state index in [0.717, 1.165) is 17.1 Å². The Morgan fingerprint density at radius 2 is 0.771 bits per heavy atom. The molecule has 328 valence electrons. The van der Waals surface area contributed by atoms with Gasteiger partial charge in [-0.15, -0.1) is 11.3 Å². The molecule has 0 saturated carbocycles. The van der Waals surface area contributed by atoms with E-state index in [0.29, 0.717) is 0 Å². The molecule has 14 rings (SSSR count). The van der Waals surface area contributed by atoms with E-state index in [1.165, 1.54) is 98.1 Å². The van der Waals surface area contributed by atoms with Crippen LogP contribution in [-0.2, 0) is 10.8 Å². The van der Waals surface area contributed by atoms with E-state index in [-0.39, 0.29) is 0 Å². The summed E-state index contributed by atoms with van der Waals surface area (Å²) >= 11 is 1.86. The van der Waals surface area contributed by atoms with Crippen LogP contribution in [0, 0.1) is 0 Å². The van der Waals surface area contributed by atoms with E-state index in [1.807, 2.05) is 11.3 Å². The molecular weight excluding hydrogens is 863 g/mol.